The second-order valence-corrected chi connectivity index (χ2v) is 11.2. The van der Waals surface area contributed by atoms with Gasteiger partial charge in [0.25, 0.3) is 0 Å². The number of carbonyl (C=O) groups excluding carboxylic acids is 1. The van der Waals surface area contributed by atoms with Crippen molar-refractivity contribution in [1.82, 2.24) is 0 Å². The summed E-state index contributed by atoms with van der Waals surface area (Å²) in [5.41, 5.74) is 0.111. The number of carboxylic acid groups (broad SMARTS) is 1. The van der Waals surface area contributed by atoms with Crippen molar-refractivity contribution in [2.24, 2.45) is 33.5 Å². The van der Waals surface area contributed by atoms with Gasteiger partial charge in [-0.15, -0.1) is 0 Å². The number of aliphatic hydroxyl groups excluding tert-OH is 1. The highest BCUT2D eigenvalue weighted by Gasteiger charge is 2.66. The van der Waals surface area contributed by atoms with E-state index in [1.807, 2.05) is 0 Å². The molecule has 29 heavy (non-hydrogen) atoms. The van der Waals surface area contributed by atoms with E-state index in [9.17, 15) is 14.7 Å². The van der Waals surface area contributed by atoms with Crippen molar-refractivity contribution >= 4 is 11.9 Å². The second kappa shape index (κ2) is 6.83. The fourth-order valence-electron chi connectivity index (χ4n) is 7.86. The third kappa shape index (κ3) is 3.24. The van der Waals surface area contributed by atoms with E-state index in [1.54, 1.807) is 0 Å². The highest BCUT2D eigenvalue weighted by molar-refractivity contribution is 5.76. The molecule has 2 N–H and O–H groups in total. The molecule has 0 aromatic rings. The van der Waals surface area contributed by atoms with Crippen LogP contribution in [0.3, 0.4) is 0 Å². The van der Waals surface area contributed by atoms with Gasteiger partial charge in [0, 0.05) is 10.8 Å². The smallest absolute Gasteiger partial charge is 0.306 e. The summed E-state index contributed by atoms with van der Waals surface area (Å²) >= 11 is 0. The lowest BCUT2D eigenvalue weighted by Crippen LogP contribution is -2.62. The molecule has 4 aliphatic carbocycles. The van der Waals surface area contributed by atoms with Crippen LogP contribution < -0.4 is 0 Å². The second-order valence-electron chi connectivity index (χ2n) is 11.2. The molecule has 0 heterocycles. The zero-order valence-corrected chi connectivity index (χ0v) is 18.1. The number of carbonyl (C=O) groups is 2. The summed E-state index contributed by atoms with van der Waals surface area (Å²) < 4.78 is 5.58. The van der Waals surface area contributed by atoms with E-state index in [-0.39, 0.29) is 40.6 Å². The molecule has 7 unspecified atom stereocenters. The maximum Gasteiger partial charge on any atom is 0.306 e. The minimum atomic E-state index is -0.979. The highest BCUT2D eigenvalue weighted by atomic mass is 16.5. The molecule has 5 nitrogen and oxygen atoms in total. The summed E-state index contributed by atoms with van der Waals surface area (Å²) in [5.74, 6) is -0.633. The van der Waals surface area contributed by atoms with Gasteiger partial charge < -0.3 is 14.9 Å². The molecular weight excluding hydrogens is 368 g/mol. The number of allylic oxidation sites excluding steroid dienone is 1. The van der Waals surface area contributed by atoms with Crippen LogP contribution in [-0.4, -0.2) is 34.9 Å². The van der Waals surface area contributed by atoms with E-state index in [0.717, 1.165) is 32.1 Å². The molecule has 4 rings (SSSR count). The molecule has 3 fully saturated rings. The quantitative estimate of drug-likeness (QED) is 0.526. The number of fused-ring (bicyclic) bond motifs is 3. The Morgan fingerprint density at radius 2 is 1.83 bits per heavy atom. The predicted molar refractivity (Wildman–Crippen MR) is 109 cm³/mol. The molecule has 3 saturated carbocycles. The lowest BCUT2D eigenvalue weighted by molar-refractivity contribution is -0.203. The number of ether oxygens (including phenoxy) is 1. The Hall–Kier alpha value is -1.36. The first-order valence-corrected chi connectivity index (χ1v) is 11.3. The molecule has 0 saturated heterocycles. The number of hydrogen-bond acceptors (Lipinski definition) is 4. The van der Waals surface area contributed by atoms with Crippen molar-refractivity contribution in [3.05, 3.63) is 12.2 Å². The van der Waals surface area contributed by atoms with E-state index >= 15 is 0 Å². The first-order valence-electron chi connectivity index (χ1n) is 11.3. The average Bonchev–Trinajstić information content (AvgIpc) is 2.92. The monoisotopic (exact) mass is 404 g/mol. The number of aliphatic carboxylic acids is 1. The molecule has 5 heteroatoms. The molecule has 2 bridgehead atoms. The van der Waals surface area contributed by atoms with Crippen LogP contribution in [0.2, 0.25) is 0 Å². The van der Waals surface area contributed by atoms with Gasteiger partial charge in [-0.05, 0) is 61.2 Å². The van der Waals surface area contributed by atoms with Crippen molar-refractivity contribution in [1.29, 1.82) is 0 Å². The fourth-order valence-corrected chi connectivity index (χ4v) is 7.86. The molecule has 0 aromatic heterocycles. The van der Waals surface area contributed by atoms with Gasteiger partial charge in [-0.1, -0.05) is 39.3 Å². The third-order valence-corrected chi connectivity index (χ3v) is 9.24. The van der Waals surface area contributed by atoms with Gasteiger partial charge in [-0.2, -0.15) is 0 Å². The van der Waals surface area contributed by atoms with Crippen LogP contribution in [-0.2, 0) is 14.3 Å². The van der Waals surface area contributed by atoms with Gasteiger partial charge in [0.15, 0.2) is 0 Å². The lowest BCUT2D eigenvalue weighted by Gasteiger charge is -2.66. The van der Waals surface area contributed by atoms with Gasteiger partial charge in [0.2, 0.25) is 0 Å². The first kappa shape index (κ1) is 20.9. The van der Waals surface area contributed by atoms with Gasteiger partial charge in [-0.3, -0.25) is 9.59 Å². The zero-order valence-electron chi connectivity index (χ0n) is 18.1. The van der Waals surface area contributed by atoms with Gasteiger partial charge in [-0.25, -0.2) is 0 Å². The van der Waals surface area contributed by atoms with Gasteiger partial charge in [0.1, 0.15) is 0 Å². The van der Waals surface area contributed by atoms with Gasteiger partial charge >= 0.3 is 11.9 Å². The Morgan fingerprint density at radius 1 is 1.07 bits per heavy atom. The van der Waals surface area contributed by atoms with E-state index in [4.69, 9.17) is 9.84 Å². The lowest BCUT2D eigenvalue weighted by atomic mass is 9.39. The van der Waals surface area contributed by atoms with Crippen LogP contribution in [0.5, 0.6) is 0 Å². The van der Waals surface area contributed by atoms with E-state index < -0.39 is 11.9 Å². The minimum Gasteiger partial charge on any atom is -0.481 e. The van der Waals surface area contributed by atoms with Crippen LogP contribution in [0.15, 0.2) is 12.2 Å². The summed E-state index contributed by atoms with van der Waals surface area (Å²) in [4.78, 5) is 22.8. The fraction of sp³-hybridized carbons (Fsp3) is 0.833. The third-order valence-electron chi connectivity index (χ3n) is 9.24. The van der Waals surface area contributed by atoms with E-state index in [2.05, 4.69) is 32.9 Å². The number of aliphatic hydroxyl groups is 1. The Bertz CT molecular complexity index is 731. The standard InChI is InChI=1S/C24H36O5/c1-21-10-7-16-23(3)9-4-8-22(2,15-29-20(28)6-5-19(26)27)17(23)13-18(25)24(16,14-21)12-11-21/h11-12,16-18,25H,4-10,13-15H2,1-3H3,(H,26,27). The molecule has 0 amide bonds. The zero-order chi connectivity index (χ0) is 21.1. The molecule has 7 atom stereocenters. The maximum absolute atomic E-state index is 12.1. The minimum absolute atomic E-state index is 0.0783. The summed E-state index contributed by atoms with van der Waals surface area (Å²) in [6.07, 6.45) is 11.5. The predicted octanol–water partition coefficient (Wildman–Crippen LogP) is 4.33. The molecular formula is C24H36O5. The molecule has 1 spiro atoms. The molecule has 4 aliphatic rings. The Kier molecular flexibility index (Phi) is 4.92. The van der Waals surface area contributed by atoms with Crippen molar-refractivity contribution in [3.63, 3.8) is 0 Å². The summed E-state index contributed by atoms with van der Waals surface area (Å²) in [6, 6.07) is 0. The van der Waals surface area contributed by atoms with Crippen LogP contribution in [0.25, 0.3) is 0 Å². The maximum atomic E-state index is 12.1. The summed E-state index contributed by atoms with van der Waals surface area (Å²) in [5, 5.41) is 20.2. The molecule has 162 valence electrons. The molecule has 0 radical (unpaired) electrons. The first-order chi connectivity index (χ1) is 13.5. The molecule has 0 aromatic carbocycles. The van der Waals surface area contributed by atoms with Crippen molar-refractivity contribution < 1.29 is 24.5 Å². The van der Waals surface area contributed by atoms with Crippen LogP contribution in [0, 0.1) is 33.5 Å². The number of rotatable bonds is 5. The van der Waals surface area contributed by atoms with Crippen LogP contribution in [0.4, 0.5) is 0 Å². The highest BCUT2D eigenvalue weighted by Crippen LogP contribution is 2.71. The van der Waals surface area contributed by atoms with Gasteiger partial charge in [0.05, 0.1) is 25.6 Å². The summed E-state index contributed by atoms with van der Waals surface area (Å²) in [6.45, 7) is 7.29. The Morgan fingerprint density at radius 3 is 2.55 bits per heavy atom. The van der Waals surface area contributed by atoms with Crippen molar-refractivity contribution in [3.8, 4) is 0 Å². The SMILES string of the molecule is CC12C=CC3(C1)C(O)CC1C(C)(COC(=O)CCC(=O)O)CCCC1(C)C3CC2. The van der Waals surface area contributed by atoms with Crippen LogP contribution in [0.1, 0.15) is 78.6 Å². The van der Waals surface area contributed by atoms with Crippen molar-refractivity contribution in [2.75, 3.05) is 6.61 Å². The van der Waals surface area contributed by atoms with Crippen LogP contribution >= 0.6 is 0 Å². The average molecular weight is 405 g/mol. The normalized spacial score (nSPS) is 47.9. The Labute approximate surface area is 173 Å². The van der Waals surface area contributed by atoms with Crippen molar-refractivity contribution in [2.45, 2.75) is 84.7 Å². The number of hydrogen-bond donors (Lipinski definition) is 2. The largest absolute Gasteiger partial charge is 0.481 e. The Balaban J connectivity index is 1.55. The molecule has 0 aliphatic heterocycles. The van der Waals surface area contributed by atoms with E-state index in [1.165, 1.54) is 12.8 Å². The van der Waals surface area contributed by atoms with E-state index in [0.29, 0.717) is 18.4 Å². The summed E-state index contributed by atoms with van der Waals surface area (Å²) in [7, 11) is 0. The topological polar surface area (TPSA) is 83.8 Å². The number of esters is 1. The number of carboxylic acids is 1.